The van der Waals surface area contributed by atoms with Gasteiger partial charge in [-0.1, -0.05) is 36.0 Å². The van der Waals surface area contributed by atoms with Gasteiger partial charge in [-0.15, -0.1) is 0 Å². The average molecular weight is 245 g/mol. The molecule has 0 saturated carbocycles. The Labute approximate surface area is 106 Å². The molecular weight excluding hydrogens is 230 g/mol. The quantitative estimate of drug-likeness (QED) is 0.665. The van der Waals surface area contributed by atoms with Crippen molar-refractivity contribution in [2.24, 2.45) is 0 Å². The van der Waals surface area contributed by atoms with Crippen molar-refractivity contribution in [3.63, 3.8) is 0 Å². The molecule has 0 aliphatic rings. The first-order chi connectivity index (χ1) is 8.26. The first-order valence-electron chi connectivity index (χ1n) is 5.41. The zero-order valence-corrected chi connectivity index (χ0v) is 11.0. The second kappa shape index (κ2) is 5.19. The lowest BCUT2D eigenvalue weighted by molar-refractivity contribution is 0.976. The van der Waals surface area contributed by atoms with Crippen LogP contribution in [0.2, 0.25) is 0 Å². The summed E-state index contributed by atoms with van der Waals surface area (Å²) in [5.41, 5.74) is 4.28. The molecule has 2 rings (SSSR count). The fourth-order valence-corrected chi connectivity index (χ4v) is 2.03. The van der Waals surface area contributed by atoms with Crippen LogP contribution in [0, 0.1) is 6.92 Å². The van der Waals surface area contributed by atoms with Gasteiger partial charge in [0.05, 0.1) is 17.6 Å². The van der Waals surface area contributed by atoms with Gasteiger partial charge in [-0.3, -0.25) is 0 Å². The molecule has 1 aromatic heterocycles. The van der Waals surface area contributed by atoms with E-state index >= 15 is 0 Å². The van der Waals surface area contributed by atoms with Crippen molar-refractivity contribution >= 4 is 17.4 Å². The fraction of sp³-hybridized carbons (Fsp3) is 0.231. The highest BCUT2D eigenvalue weighted by Crippen LogP contribution is 2.29. The maximum absolute atomic E-state index is 4.58. The molecule has 2 aromatic rings. The summed E-state index contributed by atoms with van der Waals surface area (Å²) in [6, 6.07) is 8.25. The fourth-order valence-electron chi connectivity index (χ4n) is 1.69. The maximum atomic E-state index is 4.58. The Morgan fingerprint density at radius 3 is 2.65 bits per heavy atom. The molecule has 4 heteroatoms. The monoisotopic (exact) mass is 245 g/mol. The lowest BCUT2D eigenvalue weighted by Crippen LogP contribution is -1.99. The molecule has 0 amide bonds. The summed E-state index contributed by atoms with van der Waals surface area (Å²) in [7, 11) is 1.89. The Bertz CT molecular complexity index is 526. The van der Waals surface area contributed by atoms with E-state index in [1.807, 2.05) is 31.6 Å². The van der Waals surface area contributed by atoms with Crippen molar-refractivity contribution in [1.29, 1.82) is 0 Å². The van der Waals surface area contributed by atoms with Crippen LogP contribution in [-0.2, 0) is 0 Å². The summed E-state index contributed by atoms with van der Waals surface area (Å²) in [6.07, 6.45) is 3.82. The van der Waals surface area contributed by atoms with Crippen molar-refractivity contribution in [3.8, 4) is 11.3 Å². The van der Waals surface area contributed by atoms with E-state index in [2.05, 4.69) is 34.3 Å². The van der Waals surface area contributed by atoms with Gasteiger partial charge in [0.25, 0.3) is 0 Å². The van der Waals surface area contributed by atoms with Gasteiger partial charge < -0.3 is 5.32 Å². The topological polar surface area (TPSA) is 37.8 Å². The number of aryl methyl sites for hydroxylation is 1. The summed E-state index contributed by atoms with van der Waals surface area (Å²) in [5.74, 6) is 0. The number of nitrogens with one attached hydrogen (secondary N) is 1. The third-order valence-electron chi connectivity index (χ3n) is 2.62. The minimum atomic E-state index is 0.794. The summed E-state index contributed by atoms with van der Waals surface area (Å²) in [5, 5.41) is 3.93. The van der Waals surface area contributed by atoms with Gasteiger partial charge in [-0.25, -0.2) is 9.97 Å². The van der Waals surface area contributed by atoms with Crippen molar-refractivity contribution in [1.82, 2.24) is 9.97 Å². The lowest BCUT2D eigenvalue weighted by atomic mass is 10.0. The minimum Gasteiger partial charge on any atom is -0.385 e. The summed E-state index contributed by atoms with van der Waals surface area (Å²) >= 11 is 1.55. The molecule has 1 heterocycles. The number of hydrogen-bond acceptors (Lipinski definition) is 4. The highest BCUT2D eigenvalue weighted by Gasteiger charge is 2.09. The van der Waals surface area contributed by atoms with E-state index in [1.165, 1.54) is 5.56 Å². The predicted molar refractivity (Wildman–Crippen MR) is 73.5 cm³/mol. The van der Waals surface area contributed by atoms with Crippen LogP contribution in [0.1, 0.15) is 5.56 Å². The Balaban J connectivity index is 2.60. The molecule has 17 heavy (non-hydrogen) atoms. The zero-order valence-electron chi connectivity index (χ0n) is 10.2. The molecule has 0 aliphatic heterocycles. The normalized spacial score (nSPS) is 10.3. The number of rotatable bonds is 3. The lowest BCUT2D eigenvalue weighted by Gasteiger charge is -2.11. The highest BCUT2D eigenvalue weighted by molar-refractivity contribution is 7.98. The molecule has 88 valence electrons. The second-order valence-corrected chi connectivity index (χ2v) is 4.46. The van der Waals surface area contributed by atoms with Gasteiger partial charge in [0.15, 0.2) is 5.16 Å². The van der Waals surface area contributed by atoms with E-state index in [0.717, 1.165) is 22.1 Å². The van der Waals surface area contributed by atoms with Crippen LogP contribution in [0.3, 0.4) is 0 Å². The average Bonchev–Trinajstić information content (AvgIpc) is 2.38. The first kappa shape index (κ1) is 11.9. The van der Waals surface area contributed by atoms with Crippen LogP contribution in [0.25, 0.3) is 11.3 Å². The van der Waals surface area contributed by atoms with Crippen LogP contribution < -0.4 is 5.32 Å². The molecule has 0 atom stereocenters. The number of nitrogens with zero attached hydrogens (tertiary/aromatic N) is 2. The number of aromatic nitrogens is 2. The van der Waals surface area contributed by atoms with Crippen LogP contribution in [0.15, 0.2) is 35.6 Å². The van der Waals surface area contributed by atoms with Gasteiger partial charge in [0.1, 0.15) is 0 Å². The van der Waals surface area contributed by atoms with Gasteiger partial charge in [-0.2, -0.15) is 0 Å². The Hall–Kier alpha value is -1.55. The molecule has 0 bridgehead atoms. The van der Waals surface area contributed by atoms with Crippen molar-refractivity contribution in [2.75, 3.05) is 18.6 Å². The van der Waals surface area contributed by atoms with E-state index in [4.69, 9.17) is 0 Å². The number of anilines is 1. The van der Waals surface area contributed by atoms with Crippen LogP contribution >= 0.6 is 11.8 Å². The smallest absolute Gasteiger partial charge is 0.187 e. The van der Waals surface area contributed by atoms with Crippen LogP contribution in [0.4, 0.5) is 5.69 Å². The number of hydrogen-bond donors (Lipinski definition) is 1. The van der Waals surface area contributed by atoms with E-state index < -0.39 is 0 Å². The van der Waals surface area contributed by atoms with Crippen molar-refractivity contribution < 1.29 is 0 Å². The number of thioether (sulfide) groups is 1. The first-order valence-corrected chi connectivity index (χ1v) is 6.63. The molecule has 0 spiro atoms. The standard InChI is InChI=1S/C13H15N3S/c1-9-6-4-5-7-10(9)12-11(14-2)8-15-13(16-12)17-3/h4-8,14H,1-3H3. The van der Waals surface area contributed by atoms with Crippen LogP contribution in [0.5, 0.6) is 0 Å². The van der Waals surface area contributed by atoms with Gasteiger partial charge >= 0.3 is 0 Å². The molecule has 1 aromatic carbocycles. The third kappa shape index (κ3) is 2.42. The molecular formula is C13H15N3S. The largest absolute Gasteiger partial charge is 0.385 e. The third-order valence-corrected chi connectivity index (χ3v) is 3.18. The van der Waals surface area contributed by atoms with Crippen molar-refractivity contribution in [3.05, 3.63) is 36.0 Å². The molecule has 1 N–H and O–H groups in total. The minimum absolute atomic E-state index is 0.794. The van der Waals surface area contributed by atoms with Gasteiger partial charge in [0, 0.05) is 12.6 Å². The molecule has 0 unspecified atom stereocenters. The van der Waals surface area contributed by atoms with Crippen molar-refractivity contribution in [2.45, 2.75) is 12.1 Å². The Kier molecular flexibility index (Phi) is 3.64. The second-order valence-electron chi connectivity index (χ2n) is 3.68. The maximum Gasteiger partial charge on any atom is 0.187 e. The van der Waals surface area contributed by atoms with Gasteiger partial charge in [0.2, 0.25) is 0 Å². The summed E-state index contributed by atoms with van der Waals surface area (Å²) in [4.78, 5) is 8.86. The van der Waals surface area contributed by atoms with E-state index in [9.17, 15) is 0 Å². The predicted octanol–water partition coefficient (Wildman–Crippen LogP) is 3.22. The number of benzene rings is 1. The molecule has 0 aliphatic carbocycles. The summed E-state index contributed by atoms with van der Waals surface area (Å²) in [6.45, 7) is 2.09. The molecule has 0 saturated heterocycles. The van der Waals surface area contributed by atoms with Gasteiger partial charge in [-0.05, 0) is 18.7 Å². The van der Waals surface area contributed by atoms with E-state index in [-0.39, 0.29) is 0 Å². The summed E-state index contributed by atoms with van der Waals surface area (Å²) < 4.78 is 0. The highest BCUT2D eigenvalue weighted by atomic mass is 32.2. The van der Waals surface area contributed by atoms with E-state index in [1.54, 1.807) is 11.8 Å². The Morgan fingerprint density at radius 1 is 1.24 bits per heavy atom. The molecule has 3 nitrogen and oxygen atoms in total. The SMILES string of the molecule is CNc1cnc(SC)nc1-c1ccccc1C. The molecule has 0 fully saturated rings. The van der Waals surface area contributed by atoms with Crippen LogP contribution in [-0.4, -0.2) is 23.3 Å². The Morgan fingerprint density at radius 2 is 2.00 bits per heavy atom. The van der Waals surface area contributed by atoms with E-state index in [0.29, 0.717) is 0 Å². The molecule has 0 radical (unpaired) electrons. The zero-order chi connectivity index (χ0) is 12.3.